The Labute approximate surface area is 133 Å². The Bertz CT molecular complexity index is 562. The predicted molar refractivity (Wildman–Crippen MR) is 80.1 cm³/mol. The second-order valence-corrected chi connectivity index (χ2v) is 6.56. The van der Waals surface area contributed by atoms with Crippen LogP contribution in [0.1, 0.15) is 50.5 Å². The maximum Gasteiger partial charge on any atom is 0.416 e. The number of halogens is 3. The third kappa shape index (κ3) is 3.46. The zero-order chi connectivity index (χ0) is 16.5. The van der Waals surface area contributed by atoms with Gasteiger partial charge in [-0.1, -0.05) is 19.3 Å². The van der Waals surface area contributed by atoms with Gasteiger partial charge in [-0.3, -0.25) is 5.32 Å². The van der Waals surface area contributed by atoms with E-state index in [-0.39, 0.29) is 11.5 Å². The molecule has 2 aliphatic carbocycles. The normalized spacial score (nSPS) is 23.2. The number of carbonyl (C=O) groups is 1. The number of amides is 1. The van der Waals surface area contributed by atoms with Gasteiger partial charge in [0, 0.05) is 11.1 Å². The lowest BCUT2D eigenvalue weighted by atomic mass is 9.58. The SMILES string of the molecule is O=C(Nc1ccc(C(F)(F)F)cc1)OC1CCC12CCCCC2. The number of rotatable bonds is 2. The zero-order valence-electron chi connectivity index (χ0n) is 12.8. The van der Waals surface area contributed by atoms with Crippen LogP contribution in [0, 0.1) is 5.41 Å². The minimum absolute atomic E-state index is 0.0581. The number of ether oxygens (including phenoxy) is 1. The predicted octanol–water partition coefficient (Wildman–Crippen LogP) is 5.37. The number of nitrogens with one attached hydrogen (secondary N) is 1. The van der Waals surface area contributed by atoms with Gasteiger partial charge in [-0.2, -0.15) is 13.2 Å². The van der Waals surface area contributed by atoms with Gasteiger partial charge in [0.15, 0.2) is 0 Å². The summed E-state index contributed by atoms with van der Waals surface area (Å²) < 4.78 is 43.0. The zero-order valence-corrected chi connectivity index (χ0v) is 12.8. The summed E-state index contributed by atoms with van der Waals surface area (Å²) in [6, 6.07) is 4.37. The minimum Gasteiger partial charge on any atom is -0.445 e. The van der Waals surface area contributed by atoms with Crippen molar-refractivity contribution in [2.24, 2.45) is 5.41 Å². The van der Waals surface area contributed by atoms with Crippen molar-refractivity contribution in [1.82, 2.24) is 0 Å². The van der Waals surface area contributed by atoms with E-state index >= 15 is 0 Å². The number of hydrogen-bond donors (Lipinski definition) is 1. The van der Waals surface area contributed by atoms with Gasteiger partial charge in [0.2, 0.25) is 0 Å². The first-order valence-corrected chi connectivity index (χ1v) is 8.04. The molecule has 1 aromatic carbocycles. The maximum absolute atomic E-state index is 12.5. The minimum atomic E-state index is -4.38. The van der Waals surface area contributed by atoms with Crippen LogP contribution in [-0.4, -0.2) is 12.2 Å². The summed E-state index contributed by atoms with van der Waals surface area (Å²) in [5.41, 5.74) is -0.285. The molecule has 0 radical (unpaired) electrons. The lowest BCUT2D eigenvalue weighted by Gasteiger charge is -2.50. The Morgan fingerprint density at radius 2 is 1.74 bits per heavy atom. The lowest BCUT2D eigenvalue weighted by Crippen LogP contribution is -2.49. The highest BCUT2D eigenvalue weighted by Gasteiger charge is 2.49. The molecule has 0 saturated heterocycles. The van der Waals surface area contributed by atoms with Crippen molar-refractivity contribution in [1.29, 1.82) is 0 Å². The maximum atomic E-state index is 12.5. The standard InChI is InChI=1S/C17H20F3NO2/c18-17(19,20)12-4-6-13(7-5-12)21-15(22)23-14-8-11-16(14)9-2-1-3-10-16/h4-7,14H,1-3,8-11H2,(H,21,22). The van der Waals surface area contributed by atoms with Gasteiger partial charge < -0.3 is 4.74 Å². The van der Waals surface area contributed by atoms with Gasteiger partial charge in [-0.05, 0) is 49.9 Å². The molecule has 1 aromatic rings. The second-order valence-electron chi connectivity index (χ2n) is 6.56. The Kier molecular flexibility index (Phi) is 4.25. The fourth-order valence-electron chi connectivity index (χ4n) is 3.70. The molecule has 2 saturated carbocycles. The molecular formula is C17H20F3NO2. The summed E-state index contributed by atoms with van der Waals surface area (Å²) in [5, 5.41) is 2.51. The number of hydrogen-bond acceptors (Lipinski definition) is 2. The fourth-order valence-corrected chi connectivity index (χ4v) is 3.70. The Morgan fingerprint density at radius 3 is 2.26 bits per heavy atom. The van der Waals surface area contributed by atoms with Gasteiger partial charge in [0.1, 0.15) is 6.10 Å². The van der Waals surface area contributed by atoms with Crippen LogP contribution in [-0.2, 0) is 10.9 Å². The van der Waals surface area contributed by atoms with Crippen LogP contribution in [0.4, 0.5) is 23.7 Å². The van der Waals surface area contributed by atoms with E-state index in [1.165, 1.54) is 31.4 Å². The highest BCUT2D eigenvalue weighted by atomic mass is 19.4. The van der Waals surface area contributed by atoms with Crippen LogP contribution in [0.2, 0.25) is 0 Å². The Hall–Kier alpha value is -1.72. The van der Waals surface area contributed by atoms with Gasteiger partial charge in [0.25, 0.3) is 0 Å². The molecule has 126 valence electrons. The molecule has 0 aliphatic heterocycles. The van der Waals surface area contributed by atoms with Crippen molar-refractivity contribution in [3.8, 4) is 0 Å². The summed E-state index contributed by atoms with van der Waals surface area (Å²) in [6.07, 6.45) is 2.77. The molecule has 2 aliphatic rings. The molecule has 1 unspecified atom stereocenters. The summed E-state index contributed by atoms with van der Waals surface area (Å²) in [5.74, 6) is 0. The molecule has 2 fully saturated rings. The molecule has 1 atom stereocenters. The van der Waals surface area contributed by atoms with E-state index in [1.807, 2.05) is 0 Å². The van der Waals surface area contributed by atoms with E-state index < -0.39 is 17.8 Å². The smallest absolute Gasteiger partial charge is 0.416 e. The largest absolute Gasteiger partial charge is 0.445 e. The molecule has 1 spiro atoms. The van der Waals surface area contributed by atoms with E-state index in [0.717, 1.165) is 37.8 Å². The summed E-state index contributed by atoms with van der Waals surface area (Å²) in [6.45, 7) is 0. The number of anilines is 1. The van der Waals surface area contributed by atoms with Crippen molar-refractivity contribution in [2.75, 3.05) is 5.32 Å². The molecule has 6 heteroatoms. The molecule has 1 N–H and O–H groups in total. The van der Waals surface area contributed by atoms with E-state index in [4.69, 9.17) is 4.74 Å². The van der Waals surface area contributed by atoms with E-state index in [1.54, 1.807) is 0 Å². The molecule has 0 heterocycles. The van der Waals surface area contributed by atoms with E-state index in [0.29, 0.717) is 5.69 Å². The fraction of sp³-hybridized carbons (Fsp3) is 0.588. The van der Waals surface area contributed by atoms with Crippen molar-refractivity contribution < 1.29 is 22.7 Å². The van der Waals surface area contributed by atoms with E-state index in [2.05, 4.69) is 5.32 Å². The van der Waals surface area contributed by atoms with Gasteiger partial charge in [0.05, 0.1) is 5.56 Å². The average Bonchev–Trinajstić information content (AvgIpc) is 2.52. The first kappa shape index (κ1) is 16.1. The lowest BCUT2D eigenvalue weighted by molar-refractivity contribution is -0.137. The van der Waals surface area contributed by atoms with Crippen LogP contribution in [0.5, 0.6) is 0 Å². The highest BCUT2D eigenvalue weighted by Crippen LogP contribution is 2.53. The van der Waals surface area contributed by atoms with Crippen LogP contribution in [0.3, 0.4) is 0 Å². The summed E-state index contributed by atoms with van der Waals surface area (Å²) in [4.78, 5) is 12.0. The van der Waals surface area contributed by atoms with Crippen molar-refractivity contribution in [2.45, 2.75) is 57.2 Å². The van der Waals surface area contributed by atoms with Crippen molar-refractivity contribution in [3.05, 3.63) is 29.8 Å². The molecule has 0 bridgehead atoms. The third-order valence-corrected chi connectivity index (χ3v) is 5.14. The van der Waals surface area contributed by atoms with E-state index in [9.17, 15) is 18.0 Å². The van der Waals surface area contributed by atoms with Gasteiger partial charge in [-0.15, -0.1) is 0 Å². The Balaban J connectivity index is 1.55. The first-order valence-electron chi connectivity index (χ1n) is 8.04. The Morgan fingerprint density at radius 1 is 1.09 bits per heavy atom. The quantitative estimate of drug-likeness (QED) is 0.793. The number of alkyl halides is 3. The second kappa shape index (κ2) is 6.06. The van der Waals surface area contributed by atoms with Crippen molar-refractivity contribution >= 4 is 11.8 Å². The topological polar surface area (TPSA) is 38.3 Å². The third-order valence-electron chi connectivity index (χ3n) is 5.14. The molecule has 3 nitrogen and oxygen atoms in total. The van der Waals surface area contributed by atoms with Gasteiger partial charge in [-0.25, -0.2) is 4.79 Å². The number of benzene rings is 1. The molecule has 0 aromatic heterocycles. The van der Waals surface area contributed by atoms with Gasteiger partial charge >= 0.3 is 12.3 Å². The summed E-state index contributed by atoms with van der Waals surface area (Å²) >= 11 is 0. The van der Waals surface area contributed by atoms with Crippen LogP contribution < -0.4 is 5.32 Å². The average molecular weight is 327 g/mol. The monoisotopic (exact) mass is 327 g/mol. The van der Waals surface area contributed by atoms with Crippen LogP contribution in [0.15, 0.2) is 24.3 Å². The molecule has 23 heavy (non-hydrogen) atoms. The van der Waals surface area contributed by atoms with Crippen LogP contribution >= 0.6 is 0 Å². The molecule has 3 rings (SSSR count). The molecule has 1 amide bonds. The first-order chi connectivity index (χ1) is 10.9. The highest BCUT2D eigenvalue weighted by molar-refractivity contribution is 5.84. The number of carbonyl (C=O) groups excluding carboxylic acids is 1. The van der Waals surface area contributed by atoms with Crippen LogP contribution in [0.25, 0.3) is 0 Å². The molecular weight excluding hydrogens is 307 g/mol. The summed E-state index contributed by atoms with van der Waals surface area (Å²) in [7, 11) is 0. The van der Waals surface area contributed by atoms with Crippen molar-refractivity contribution in [3.63, 3.8) is 0 Å².